The standard InChI is InChI=1S/C29H21BCl2F2N4O3/c1-36-27(39)20(28(40)37(2)29(36)41)14-13-19(23-15-21(31)25(35-23)17-9-5-3-6-10-17)24-16-22(32)26(38(24)30(33)34)18-11-7-4-8-12-18/h3-16,39H,1-2H3/b14-13+,23-19-. The summed E-state index contributed by atoms with van der Waals surface area (Å²) < 4.78 is 32.0. The number of aromatic hydroxyl groups is 1. The molecule has 0 saturated heterocycles. The highest BCUT2D eigenvalue weighted by Gasteiger charge is 2.30. The zero-order valence-electron chi connectivity index (χ0n) is 21.7. The normalized spacial score (nSPS) is 14.4. The second-order valence-electron chi connectivity index (χ2n) is 9.13. The van der Waals surface area contributed by atoms with Crippen LogP contribution in [0.5, 0.6) is 5.88 Å². The summed E-state index contributed by atoms with van der Waals surface area (Å²) in [6.07, 6.45) is 4.14. The molecule has 0 radical (unpaired) electrons. The lowest BCUT2D eigenvalue weighted by atomic mass is 10.0. The lowest BCUT2D eigenvalue weighted by Crippen LogP contribution is -2.37. The third kappa shape index (κ3) is 5.12. The van der Waals surface area contributed by atoms with E-state index in [2.05, 4.69) is 4.99 Å². The number of hydrogen-bond donors (Lipinski definition) is 1. The number of nitrogens with zero attached hydrogens (tertiary/aromatic N) is 4. The predicted molar refractivity (Wildman–Crippen MR) is 160 cm³/mol. The molecule has 1 N–H and O–H groups in total. The van der Waals surface area contributed by atoms with Crippen LogP contribution >= 0.6 is 23.2 Å². The fourth-order valence-corrected chi connectivity index (χ4v) is 5.14. The Morgan fingerprint density at radius 1 is 0.951 bits per heavy atom. The Kier molecular flexibility index (Phi) is 7.71. The van der Waals surface area contributed by atoms with Gasteiger partial charge in [-0.05, 0) is 29.9 Å². The Labute approximate surface area is 243 Å². The quantitative estimate of drug-likeness (QED) is 0.290. The van der Waals surface area contributed by atoms with E-state index in [1.54, 1.807) is 30.3 Å². The Morgan fingerprint density at radius 3 is 2.17 bits per heavy atom. The van der Waals surface area contributed by atoms with E-state index >= 15 is 0 Å². The molecule has 0 atom stereocenters. The van der Waals surface area contributed by atoms with Crippen molar-refractivity contribution in [2.24, 2.45) is 19.1 Å². The van der Waals surface area contributed by atoms with E-state index in [1.807, 2.05) is 30.3 Å². The van der Waals surface area contributed by atoms with Crippen molar-refractivity contribution in [2.45, 2.75) is 0 Å². The molecule has 0 spiro atoms. The first-order valence-electron chi connectivity index (χ1n) is 12.3. The van der Waals surface area contributed by atoms with Gasteiger partial charge in [-0.25, -0.2) is 9.79 Å². The first-order chi connectivity index (χ1) is 19.6. The average molecular weight is 593 g/mol. The number of aliphatic imine (C=N–C) groups is 1. The highest BCUT2D eigenvalue weighted by Crippen LogP contribution is 2.38. The third-order valence-corrected chi connectivity index (χ3v) is 7.21. The van der Waals surface area contributed by atoms with Gasteiger partial charge in [0.25, 0.3) is 5.56 Å². The van der Waals surface area contributed by atoms with Crippen molar-refractivity contribution in [1.29, 1.82) is 0 Å². The van der Waals surface area contributed by atoms with E-state index in [9.17, 15) is 23.3 Å². The van der Waals surface area contributed by atoms with Gasteiger partial charge in [0.2, 0.25) is 5.88 Å². The fraction of sp³-hybridized carbons (Fsp3) is 0.0690. The smallest absolute Gasteiger partial charge is 0.494 e. The number of aromatic nitrogens is 3. The summed E-state index contributed by atoms with van der Waals surface area (Å²) in [6.45, 7) is 0. The Balaban J connectivity index is 1.80. The molecule has 0 amide bonds. The van der Waals surface area contributed by atoms with Crippen molar-refractivity contribution >= 4 is 48.0 Å². The van der Waals surface area contributed by atoms with Crippen LogP contribution in [0, 0.1) is 0 Å². The van der Waals surface area contributed by atoms with Crippen molar-refractivity contribution < 1.29 is 13.7 Å². The van der Waals surface area contributed by atoms with Gasteiger partial charge in [-0.1, -0.05) is 83.9 Å². The van der Waals surface area contributed by atoms with Gasteiger partial charge in [0.15, 0.2) is 0 Å². The van der Waals surface area contributed by atoms with Crippen LogP contribution in [-0.4, -0.2) is 31.8 Å². The van der Waals surface area contributed by atoms with Gasteiger partial charge in [-0.2, -0.15) is 0 Å². The predicted octanol–water partition coefficient (Wildman–Crippen LogP) is 5.73. The molecule has 0 unspecified atom stereocenters. The summed E-state index contributed by atoms with van der Waals surface area (Å²) in [6, 6.07) is 19.0. The molecule has 0 fully saturated rings. The number of hydrogen-bond acceptors (Lipinski definition) is 4. The minimum atomic E-state index is -3.01. The molecular formula is C29H21BCl2F2N4O3. The Morgan fingerprint density at radius 2 is 1.56 bits per heavy atom. The minimum Gasteiger partial charge on any atom is -0.494 e. The van der Waals surface area contributed by atoms with Crippen LogP contribution in [0.25, 0.3) is 22.9 Å². The SMILES string of the molecule is Cn1c(O)c(/C=C/C(=C2\C=C(Cl)C(c3ccccc3)=N2)c2cc(Cl)c(-c3ccccc3)n2B(F)F)c(=O)n(C)c1=O. The molecule has 0 bridgehead atoms. The van der Waals surface area contributed by atoms with Crippen LogP contribution in [0.1, 0.15) is 16.8 Å². The van der Waals surface area contributed by atoms with Gasteiger partial charge >= 0.3 is 13.1 Å². The van der Waals surface area contributed by atoms with E-state index in [0.717, 1.165) is 13.6 Å². The van der Waals surface area contributed by atoms with Gasteiger partial charge in [-0.3, -0.25) is 22.6 Å². The van der Waals surface area contributed by atoms with E-state index in [1.165, 1.54) is 38.4 Å². The van der Waals surface area contributed by atoms with E-state index in [0.29, 0.717) is 16.8 Å². The van der Waals surface area contributed by atoms with Gasteiger partial charge in [-0.15, -0.1) is 0 Å². The number of allylic oxidation sites excluding steroid dienone is 4. The summed E-state index contributed by atoms with van der Waals surface area (Å²) in [4.78, 5) is 29.7. The largest absolute Gasteiger partial charge is 0.678 e. The number of halogens is 4. The maximum atomic E-state index is 14.7. The van der Waals surface area contributed by atoms with Crippen molar-refractivity contribution in [3.8, 4) is 17.1 Å². The molecule has 2 aromatic carbocycles. The van der Waals surface area contributed by atoms with Gasteiger partial charge in [0, 0.05) is 30.9 Å². The van der Waals surface area contributed by atoms with E-state index in [-0.39, 0.29) is 38.3 Å². The molecule has 41 heavy (non-hydrogen) atoms. The van der Waals surface area contributed by atoms with Crippen LogP contribution in [-0.2, 0) is 14.1 Å². The van der Waals surface area contributed by atoms with Crippen molar-refractivity contribution in [1.82, 2.24) is 13.6 Å². The van der Waals surface area contributed by atoms with E-state index in [4.69, 9.17) is 23.2 Å². The second-order valence-corrected chi connectivity index (χ2v) is 9.95. The zero-order chi connectivity index (χ0) is 29.4. The first-order valence-corrected chi connectivity index (χ1v) is 13.0. The lowest BCUT2D eigenvalue weighted by molar-refractivity contribution is 0.410. The molecule has 0 saturated carbocycles. The molecule has 0 aliphatic carbocycles. The third-order valence-electron chi connectivity index (χ3n) is 6.64. The summed E-state index contributed by atoms with van der Waals surface area (Å²) in [5, 5.41) is 10.9. The molecule has 1 aliphatic heterocycles. The average Bonchev–Trinajstić information content (AvgIpc) is 3.53. The molecule has 2 aromatic heterocycles. The summed E-state index contributed by atoms with van der Waals surface area (Å²) >= 11 is 13.1. The van der Waals surface area contributed by atoms with Crippen LogP contribution in [0.3, 0.4) is 0 Å². The van der Waals surface area contributed by atoms with E-state index < -0.39 is 24.5 Å². The summed E-state index contributed by atoms with van der Waals surface area (Å²) in [5.41, 5.74) is 0.342. The molecule has 206 valence electrons. The lowest BCUT2D eigenvalue weighted by Gasteiger charge is -2.13. The van der Waals surface area contributed by atoms with Gasteiger partial charge < -0.3 is 9.58 Å². The van der Waals surface area contributed by atoms with Crippen LogP contribution in [0.15, 0.2) is 104 Å². The van der Waals surface area contributed by atoms with Gasteiger partial charge in [0.05, 0.1) is 27.2 Å². The second kappa shape index (κ2) is 11.2. The maximum absolute atomic E-state index is 14.7. The number of benzene rings is 2. The maximum Gasteiger partial charge on any atom is 0.678 e. The van der Waals surface area contributed by atoms with Crippen molar-refractivity contribution in [3.05, 3.63) is 132 Å². The van der Waals surface area contributed by atoms with Crippen LogP contribution in [0.4, 0.5) is 8.63 Å². The van der Waals surface area contributed by atoms with Crippen LogP contribution in [0.2, 0.25) is 5.02 Å². The number of rotatable bonds is 6. The monoisotopic (exact) mass is 592 g/mol. The Bertz CT molecular complexity index is 1910. The molecule has 5 rings (SSSR count). The summed E-state index contributed by atoms with van der Waals surface area (Å²) in [7, 11) is -0.434. The topological polar surface area (TPSA) is 81.5 Å². The van der Waals surface area contributed by atoms with Crippen molar-refractivity contribution in [3.63, 3.8) is 0 Å². The molecular weight excluding hydrogens is 572 g/mol. The molecule has 4 aromatic rings. The van der Waals surface area contributed by atoms with Gasteiger partial charge in [0.1, 0.15) is 5.56 Å². The molecule has 12 heteroatoms. The fourth-order valence-electron chi connectivity index (χ4n) is 4.58. The molecule has 7 nitrogen and oxygen atoms in total. The van der Waals surface area contributed by atoms with Crippen molar-refractivity contribution in [2.75, 3.05) is 0 Å². The molecule has 3 heterocycles. The minimum absolute atomic E-state index is 0.00462. The highest BCUT2D eigenvalue weighted by atomic mass is 35.5. The summed E-state index contributed by atoms with van der Waals surface area (Å²) in [5.74, 6) is -0.584. The molecule has 1 aliphatic rings. The van der Waals surface area contributed by atoms with Crippen LogP contribution < -0.4 is 11.2 Å². The zero-order valence-corrected chi connectivity index (χ0v) is 23.2. The first kappa shape index (κ1) is 28.1. The highest BCUT2D eigenvalue weighted by molar-refractivity contribution is 6.47. The Hall–Kier alpha value is -4.41.